The minimum Gasteiger partial charge on any atom is -0.454 e. The Kier molecular flexibility index (Phi) is 5.73. The molecule has 0 N–H and O–H groups in total. The van der Waals surface area contributed by atoms with E-state index >= 15 is 0 Å². The van der Waals surface area contributed by atoms with E-state index in [2.05, 4.69) is 15.1 Å². The van der Waals surface area contributed by atoms with E-state index in [1.165, 1.54) is 46.5 Å². The number of ether oxygens (including phenoxy) is 2. The maximum absolute atomic E-state index is 11.6. The van der Waals surface area contributed by atoms with Gasteiger partial charge in [0.25, 0.3) is 11.4 Å². The summed E-state index contributed by atoms with van der Waals surface area (Å²) < 4.78 is 12.1. The molecule has 35 heavy (non-hydrogen) atoms. The Hall–Kier alpha value is -4.91. The fourth-order valence-electron chi connectivity index (χ4n) is 3.30. The molecule has 0 spiro atoms. The van der Waals surface area contributed by atoms with Crippen molar-refractivity contribution < 1.29 is 19.3 Å². The van der Waals surface area contributed by atoms with Crippen molar-refractivity contribution in [3.05, 3.63) is 96.9 Å². The molecule has 0 radical (unpaired) electrons. The van der Waals surface area contributed by atoms with Crippen LogP contribution in [0, 0.1) is 20.2 Å². The molecule has 12 nitrogen and oxygen atoms in total. The van der Waals surface area contributed by atoms with Gasteiger partial charge in [-0.25, -0.2) is 9.67 Å². The van der Waals surface area contributed by atoms with Crippen molar-refractivity contribution in [3.63, 3.8) is 0 Å². The number of thiazole rings is 1. The number of benzene rings is 2. The zero-order chi connectivity index (χ0) is 24.4. The number of pyridine rings is 1. The van der Waals surface area contributed by atoms with Crippen LogP contribution < -0.4 is 14.3 Å². The zero-order valence-electron chi connectivity index (χ0n) is 17.7. The summed E-state index contributed by atoms with van der Waals surface area (Å²) >= 11 is 1.28. The normalized spacial score (nSPS) is 12.9. The molecular weight excluding hydrogens is 476 g/mol. The third-order valence-corrected chi connectivity index (χ3v) is 5.78. The highest BCUT2D eigenvalue weighted by atomic mass is 32.1. The lowest BCUT2D eigenvalue weighted by molar-refractivity contribution is -0.385. The van der Waals surface area contributed by atoms with Crippen molar-refractivity contribution in [1.82, 2.24) is 9.66 Å². The van der Waals surface area contributed by atoms with E-state index in [-0.39, 0.29) is 29.5 Å². The summed E-state index contributed by atoms with van der Waals surface area (Å²) in [5, 5.41) is 28.9. The van der Waals surface area contributed by atoms with Gasteiger partial charge in [-0.3, -0.25) is 25.2 Å². The molecule has 4 aromatic rings. The van der Waals surface area contributed by atoms with Gasteiger partial charge in [-0.1, -0.05) is 0 Å². The number of aromatic nitrogens is 2. The number of hydrogen-bond acceptors (Lipinski definition) is 10. The van der Waals surface area contributed by atoms with Gasteiger partial charge in [0.2, 0.25) is 11.6 Å². The molecule has 0 fully saturated rings. The first-order chi connectivity index (χ1) is 17.0. The topological polar surface area (TPSA) is 147 Å². The second-order valence-electron chi connectivity index (χ2n) is 7.11. The summed E-state index contributed by atoms with van der Waals surface area (Å²) in [6.45, 7) is -0.0230. The third kappa shape index (κ3) is 4.47. The SMILES string of the molecule is O=[N+]([O-])c1ccc(-c2csc(=Nc3cccnc3)n2N=Cc2cc3c(cc2[N+](=O)[O-])OCO3)cc1. The van der Waals surface area contributed by atoms with E-state index in [9.17, 15) is 20.2 Å². The van der Waals surface area contributed by atoms with Crippen LogP contribution in [0.5, 0.6) is 11.5 Å². The minimum atomic E-state index is -0.528. The maximum Gasteiger partial charge on any atom is 0.282 e. The number of hydrogen-bond donors (Lipinski definition) is 0. The average Bonchev–Trinajstić information content (AvgIpc) is 3.49. The van der Waals surface area contributed by atoms with E-state index in [1.54, 1.807) is 42.0 Å². The van der Waals surface area contributed by atoms with E-state index < -0.39 is 9.85 Å². The Bertz CT molecular complexity index is 1530. The van der Waals surface area contributed by atoms with Crippen molar-refractivity contribution in [2.75, 3.05) is 6.79 Å². The van der Waals surface area contributed by atoms with Gasteiger partial charge >= 0.3 is 0 Å². The Balaban J connectivity index is 1.64. The summed E-state index contributed by atoms with van der Waals surface area (Å²) in [7, 11) is 0. The number of nitro benzene ring substituents is 2. The van der Waals surface area contributed by atoms with Crippen molar-refractivity contribution in [1.29, 1.82) is 0 Å². The third-order valence-electron chi connectivity index (χ3n) is 4.96. The molecular formula is C22H14N6O6S. The van der Waals surface area contributed by atoms with E-state index in [1.807, 2.05) is 0 Å². The molecule has 0 unspecified atom stereocenters. The van der Waals surface area contributed by atoms with Crippen LogP contribution in [0.3, 0.4) is 0 Å². The second kappa shape index (κ2) is 9.15. The highest BCUT2D eigenvalue weighted by molar-refractivity contribution is 7.07. The number of rotatable bonds is 6. The van der Waals surface area contributed by atoms with Gasteiger partial charge in [-0.15, -0.1) is 11.3 Å². The van der Waals surface area contributed by atoms with Crippen molar-refractivity contribution in [2.45, 2.75) is 0 Å². The lowest BCUT2D eigenvalue weighted by atomic mass is 10.1. The Morgan fingerprint density at radius 2 is 1.83 bits per heavy atom. The van der Waals surface area contributed by atoms with Crippen molar-refractivity contribution in [2.24, 2.45) is 10.1 Å². The van der Waals surface area contributed by atoms with Crippen LogP contribution in [0.2, 0.25) is 0 Å². The molecule has 3 heterocycles. The molecule has 13 heteroatoms. The molecule has 1 aliphatic heterocycles. The molecule has 2 aromatic heterocycles. The fourth-order valence-corrected chi connectivity index (χ4v) is 4.16. The Morgan fingerprint density at radius 3 is 2.51 bits per heavy atom. The molecule has 2 aromatic carbocycles. The standard InChI is InChI=1S/C22H14N6O6S/c29-27(30)17-5-3-14(4-6-17)19-12-35-22(25-16-2-1-7-23-11-16)26(19)24-10-15-8-20-21(34-13-33-20)9-18(15)28(31)32/h1-12H,13H2. The minimum absolute atomic E-state index is 0.0230. The molecule has 0 amide bonds. The van der Waals surface area contributed by atoms with Gasteiger partial charge in [-0.2, -0.15) is 5.10 Å². The summed E-state index contributed by atoms with van der Waals surface area (Å²) in [4.78, 5) is 30.8. The predicted octanol–water partition coefficient (Wildman–Crippen LogP) is 4.27. The molecule has 0 bridgehead atoms. The molecule has 0 saturated heterocycles. The molecule has 0 aliphatic carbocycles. The quantitative estimate of drug-likeness (QED) is 0.223. The summed E-state index contributed by atoms with van der Waals surface area (Å²) in [5.74, 6) is 0.666. The summed E-state index contributed by atoms with van der Waals surface area (Å²) in [5.41, 5.74) is 1.79. The number of non-ortho nitro benzene ring substituents is 1. The average molecular weight is 490 g/mol. The first kappa shape index (κ1) is 21.9. The fraction of sp³-hybridized carbons (Fsp3) is 0.0455. The number of fused-ring (bicyclic) bond motifs is 1. The monoisotopic (exact) mass is 490 g/mol. The first-order valence-electron chi connectivity index (χ1n) is 10.0. The van der Waals surface area contributed by atoms with Crippen LogP contribution >= 0.6 is 11.3 Å². The number of nitro groups is 2. The van der Waals surface area contributed by atoms with Gasteiger partial charge in [0.05, 0.1) is 45.3 Å². The van der Waals surface area contributed by atoms with Crippen molar-refractivity contribution >= 4 is 34.6 Å². The molecule has 5 rings (SSSR count). The lowest BCUT2D eigenvalue weighted by Crippen LogP contribution is -2.11. The Labute approximate surface area is 200 Å². The number of nitrogens with zero attached hydrogens (tertiary/aromatic N) is 6. The van der Waals surface area contributed by atoms with Crippen LogP contribution in [0.1, 0.15) is 5.56 Å². The molecule has 1 aliphatic rings. The maximum atomic E-state index is 11.6. The highest BCUT2D eigenvalue weighted by Gasteiger charge is 2.22. The van der Waals surface area contributed by atoms with Crippen LogP contribution in [0.25, 0.3) is 11.3 Å². The smallest absolute Gasteiger partial charge is 0.282 e. The largest absolute Gasteiger partial charge is 0.454 e. The van der Waals surface area contributed by atoms with Gasteiger partial charge in [0, 0.05) is 29.3 Å². The van der Waals surface area contributed by atoms with Gasteiger partial charge < -0.3 is 9.47 Å². The van der Waals surface area contributed by atoms with E-state index in [0.29, 0.717) is 27.5 Å². The van der Waals surface area contributed by atoms with Gasteiger partial charge in [0.1, 0.15) is 0 Å². The second-order valence-corrected chi connectivity index (χ2v) is 7.94. The van der Waals surface area contributed by atoms with Crippen LogP contribution in [-0.4, -0.2) is 32.5 Å². The van der Waals surface area contributed by atoms with E-state index in [0.717, 1.165) is 0 Å². The van der Waals surface area contributed by atoms with Gasteiger partial charge in [-0.05, 0) is 30.3 Å². The van der Waals surface area contributed by atoms with E-state index in [4.69, 9.17) is 9.47 Å². The lowest BCUT2D eigenvalue weighted by Gasteiger charge is -2.04. The highest BCUT2D eigenvalue weighted by Crippen LogP contribution is 2.37. The molecule has 0 atom stereocenters. The molecule has 0 saturated carbocycles. The Morgan fingerprint density at radius 1 is 1.06 bits per heavy atom. The predicted molar refractivity (Wildman–Crippen MR) is 126 cm³/mol. The summed E-state index contributed by atoms with van der Waals surface area (Å²) in [6.07, 6.45) is 4.55. The van der Waals surface area contributed by atoms with Crippen LogP contribution in [-0.2, 0) is 0 Å². The molecule has 174 valence electrons. The zero-order valence-corrected chi connectivity index (χ0v) is 18.5. The van der Waals surface area contributed by atoms with Crippen LogP contribution in [0.4, 0.5) is 17.1 Å². The van der Waals surface area contributed by atoms with Crippen LogP contribution in [0.15, 0.2) is 76.4 Å². The van der Waals surface area contributed by atoms with Gasteiger partial charge in [0.15, 0.2) is 11.5 Å². The first-order valence-corrected chi connectivity index (χ1v) is 10.9. The summed E-state index contributed by atoms with van der Waals surface area (Å²) in [6, 6.07) is 12.3. The van der Waals surface area contributed by atoms with Crippen molar-refractivity contribution in [3.8, 4) is 22.8 Å².